The second-order valence-corrected chi connectivity index (χ2v) is 3.61. The molecule has 3 rings (SSSR count). The molecule has 1 N–H and O–H groups in total. The zero-order valence-electron chi connectivity index (χ0n) is 12.5. The summed E-state index contributed by atoms with van der Waals surface area (Å²) in [6, 6.07) is 9.20. The number of carbonyl (C=O) groups excluding carboxylic acids is 1. The largest absolute Gasteiger partial charge is 1.00 e. The van der Waals surface area contributed by atoms with Gasteiger partial charge in [-0.1, -0.05) is 12.1 Å². The van der Waals surface area contributed by atoms with Gasteiger partial charge in [0.05, 0.1) is 5.97 Å². The molecular weight excluding hydrogens is 307 g/mol. The molecule has 8 heteroatoms. The van der Waals surface area contributed by atoms with E-state index in [1.165, 1.54) is 30.9 Å². The van der Waals surface area contributed by atoms with E-state index in [1.54, 1.807) is 43.0 Å². The van der Waals surface area contributed by atoms with E-state index < -0.39 is 5.97 Å². The average molecular weight is 320 g/mol. The van der Waals surface area contributed by atoms with Crippen LogP contribution >= 0.6 is 0 Å². The summed E-state index contributed by atoms with van der Waals surface area (Å²) in [7, 11) is 0. The molecule has 0 unspecified atom stereocenters. The first-order valence-corrected chi connectivity index (χ1v) is 6.11. The standard InChI is InChI=1S/C7H6O3.2C4H4N2.Na/c8-6-4-2-1-3-5(6)7(9)10;2*1-2-5-4-6-3-1;/h1-4,8H,(H,9,10);2*1-4H;/q;;;+1/p-1. The van der Waals surface area contributed by atoms with Crippen molar-refractivity contribution in [3.05, 3.63) is 79.4 Å². The summed E-state index contributed by atoms with van der Waals surface area (Å²) >= 11 is 0. The molecule has 2 aromatic heterocycles. The van der Waals surface area contributed by atoms with Gasteiger partial charge in [-0.25, -0.2) is 19.9 Å². The number of carboxylic acids is 1. The molecule has 0 saturated carbocycles. The van der Waals surface area contributed by atoms with Crippen LogP contribution in [0.4, 0.5) is 0 Å². The fourth-order valence-corrected chi connectivity index (χ4v) is 1.15. The summed E-state index contributed by atoms with van der Waals surface area (Å²) in [6.07, 6.45) is 9.75. The minimum atomic E-state index is -1.36. The maximum atomic E-state index is 10.2. The molecule has 3 aromatic rings. The fraction of sp³-hybridized carbons (Fsp3) is 0. The summed E-state index contributed by atoms with van der Waals surface area (Å²) in [5.41, 5.74) is -0.178. The van der Waals surface area contributed by atoms with Gasteiger partial charge in [-0.15, -0.1) is 0 Å². The number of carbonyl (C=O) groups is 1. The van der Waals surface area contributed by atoms with Crippen molar-refractivity contribution in [3.8, 4) is 5.75 Å². The van der Waals surface area contributed by atoms with Gasteiger partial charge in [0.1, 0.15) is 18.4 Å². The van der Waals surface area contributed by atoms with Crippen molar-refractivity contribution >= 4 is 5.97 Å². The van der Waals surface area contributed by atoms with Crippen LogP contribution in [-0.4, -0.2) is 31.0 Å². The van der Waals surface area contributed by atoms with Gasteiger partial charge in [0.2, 0.25) is 0 Å². The summed E-state index contributed by atoms with van der Waals surface area (Å²) in [4.78, 5) is 24.8. The zero-order valence-corrected chi connectivity index (χ0v) is 14.5. The minimum absolute atomic E-state index is 0. The van der Waals surface area contributed by atoms with Crippen molar-refractivity contribution in [1.29, 1.82) is 0 Å². The molecule has 0 amide bonds. The Morgan fingerprint density at radius 3 is 1.48 bits per heavy atom. The molecule has 0 aliphatic carbocycles. The second kappa shape index (κ2) is 13.3. The minimum Gasteiger partial charge on any atom is -0.545 e. The molecule has 0 aliphatic rings. The van der Waals surface area contributed by atoms with Crippen LogP contribution in [0.15, 0.2) is 73.8 Å². The van der Waals surface area contributed by atoms with Crippen molar-refractivity contribution in [2.45, 2.75) is 0 Å². The van der Waals surface area contributed by atoms with Crippen LogP contribution in [-0.2, 0) is 0 Å². The number of para-hydroxylation sites is 1. The summed E-state index contributed by atoms with van der Waals surface area (Å²) in [5.74, 6) is -1.62. The first-order chi connectivity index (χ1) is 10.7. The average Bonchev–Trinajstić information content (AvgIpc) is 2.59. The van der Waals surface area contributed by atoms with Gasteiger partial charge < -0.3 is 15.0 Å². The van der Waals surface area contributed by atoms with Crippen LogP contribution in [0, 0.1) is 0 Å². The fourth-order valence-electron chi connectivity index (χ4n) is 1.15. The molecule has 112 valence electrons. The number of nitrogens with zero attached hydrogens (tertiary/aromatic N) is 4. The number of rotatable bonds is 1. The predicted molar refractivity (Wildman–Crippen MR) is 76.5 cm³/mol. The molecule has 23 heavy (non-hydrogen) atoms. The van der Waals surface area contributed by atoms with Gasteiger partial charge >= 0.3 is 29.6 Å². The summed E-state index contributed by atoms with van der Waals surface area (Å²) in [6.45, 7) is 0. The van der Waals surface area contributed by atoms with Gasteiger partial charge in [-0.05, 0) is 24.3 Å². The van der Waals surface area contributed by atoms with E-state index in [9.17, 15) is 9.90 Å². The first kappa shape index (κ1) is 20.6. The number of aromatic hydroxyl groups is 1. The third-order valence-corrected chi connectivity index (χ3v) is 2.08. The number of benzene rings is 1. The van der Waals surface area contributed by atoms with Gasteiger partial charge in [0.15, 0.2) is 0 Å². The number of aromatic carboxylic acids is 1. The van der Waals surface area contributed by atoms with Gasteiger partial charge in [-0.2, -0.15) is 0 Å². The van der Waals surface area contributed by atoms with Crippen molar-refractivity contribution in [2.75, 3.05) is 0 Å². The van der Waals surface area contributed by atoms with E-state index in [-0.39, 0.29) is 40.9 Å². The topological polar surface area (TPSA) is 112 Å². The number of aromatic nitrogens is 4. The molecule has 0 fully saturated rings. The second-order valence-electron chi connectivity index (χ2n) is 3.61. The third-order valence-electron chi connectivity index (χ3n) is 2.08. The Kier molecular flexibility index (Phi) is 12.0. The Morgan fingerprint density at radius 1 is 0.826 bits per heavy atom. The predicted octanol–water partition coefficient (Wildman–Crippen LogP) is -2.29. The molecule has 0 bridgehead atoms. The van der Waals surface area contributed by atoms with Crippen LogP contribution < -0.4 is 34.7 Å². The van der Waals surface area contributed by atoms with E-state index in [4.69, 9.17) is 5.11 Å². The normalized spacial score (nSPS) is 8.17. The SMILES string of the molecule is O=C([O-])c1ccccc1O.[Na+].c1cncnc1.c1cncnc1. The van der Waals surface area contributed by atoms with Crippen molar-refractivity contribution < 1.29 is 44.6 Å². The molecule has 0 spiro atoms. The van der Waals surface area contributed by atoms with E-state index in [1.807, 2.05) is 0 Å². The summed E-state index contributed by atoms with van der Waals surface area (Å²) < 4.78 is 0. The third kappa shape index (κ3) is 10.1. The van der Waals surface area contributed by atoms with Crippen LogP contribution in [0.5, 0.6) is 5.75 Å². The maximum Gasteiger partial charge on any atom is 1.00 e. The Bertz CT molecular complexity index is 572. The van der Waals surface area contributed by atoms with Crippen molar-refractivity contribution in [3.63, 3.8) is 0 Å². The van der Waals surface area contributed by atoms with Crippen molar-refractivity contribution in [2.24, 2.45) is 0 Å². The Hall–Kier alpha value is -2.35. The molecule has 0 aliphatic heterocycles. The molecule has 7 nitrogen and oxygen atoms in total. The Balaban J connectivity index is 0.000000325. The smallest absolute Gasteiger partial charge is 0.545 e. The van der Waals surface area contributed by atoms with Gasteiger partial charge in [0, 0.05) is 30.4 Å². The summed E-state index contributed by atoms with van der Waals surface area (Å²) in [5, 5.41) is 19.0. The van der Waals surface area contributed by atoms with E-state index in [0.717, 1.165) is 0 Å². The van der Waals surface area contributed by atoms with Gasteiger partial charge in [0.25, 0.3) is 0 Å². The molecule has 0 saturated heterocycles. The van der Waals surface area contributed by atoms with Crippen molar-refractivity contribution in [1.82, 2.24) is 19.9 Å². The number of hydrogen-bond acceptors (Lipinski definition) is 7. The van der Waals surface area contributed by atoms with E-state index in [0.29, 0.717) is 0 Å². The monoisotopic (exact) mass is 320 g/mol. The molecular formula is C15H13N4NaO3. The molecule has 2 heterocycles. The zero-order chi connectivity index (χ0) is 16.0. The number of phenols is 1. The maximum absolute atomic E-state index is 10.2. The Labute approximate surface area is 155 Å². The number of hydrogen-bond donors (Lipinski definition) is 1. The van der Waals surface area contributed by atoms with Gasteiger partial charge in [-0.3, -0.25) is 0 Å². The molecule has 0 radical (unpaired) electrons. The van der Waals surface area contributed by atoms with E-state index >= 15 is 0 Å². The van der Waals surface area contributed by atoms with Crippen LogP contribution in [0.2, 0.25) is 0 Å². The number of carboxylic acid groups (broad SMARTS) is 1. The Morgan fingerprint density at radius 2 is 1.26 bits per heavy atom. The van der Waals surface area contributed by atoms with Crippen LogP contribution in [0.25, 0.3) is 0 Å². The quantitative estimate of drug-likeness (QED) is 0.502. The van der Waals surface area contributed by atoms with Crippen LogP contribution in [0.3, 0.4) is 0 Å². The van der Waals surface area contributed by atoms with Crippen LogP contribution in [0.1, 0.15) is 10.4 Å². The molecule has 0 atom stereocenters. The first-order valence-electron chi connectivity index (χ1n) is 6.11. The van der Waals surface area contributed by atoms with E-state index in [2.05, 4.69) is 19.9 Å². The molecule has 1 aromatic carbocycles.